The summed E-state index contributed by atoms with van der Waals surface area (Å²) < 4.78 is 0. The van der Waals surface area contributed by atoms with E-state index in [2.05, 4.69) is 95.3 Å². The molecule has 0 aliphatic rings. The van der Waals surface area contributed by atoms with Gasteiger partial charge in [0.2, 0.25) is 0 Å². The van der Waals surface area contributed by atoms with E-state index >= 15 is 0 Å². The average molecular weight is 450 g/mol. The minimum absolute atomic E-state index is 0.963. The first-order valence-electron chi connectivity index (χ1n) is 10.7. The molecule has 0 saturated carbocycles. The maximum absolute atomic E-state index is 5.06. The van der Waals surface area contributed by atoms with Crippen molar-refractivity contribution in [3.8, 4) is 22.8 Å². The van der Waals surface area contributed by atoms with Crippen LogP contribution in [0, 0.1) is 0 Å². The van der Waals surface area contributed by atoms with Gasteiger partial charge >= 0.3 is 0 Å². The summed E-state index contributed by atoms with van der Waals surface area (Å²) in [5.41, 5.74) is 3.87. The van der Waals surface area contributed by atoms with Crippen LogP contribution in [0.5, 0.6) is 0 Å². The molecule has 0 aromatic carbocycles. The molecule has 0 saturated heterocycles. The summed E-state index contributed by atoms with van der Waals surface area (Å²) in [6.07, 6.45) is 3.88. The lowest BCUT2D eigenvalue weighted by atomic mass is 10.2. The second-order valence-electron chi connectivity index (χ2n) is 11.2. The monoisotopic (exact) mass is 449 g/mol. The Kier molecular flexibility index (Phi) is 6.06. The van der Waals surface area contributed by atoms with Crippen molar-refractivity contribution in [1.29, 1.82) is 0 Å². The van der Waals surface area contributed by atoms with Crippen LogP contribution in [0.1, 0.15) is 0 Å². The Morgan fingerprint density at radius 1 is 0.467 bits per heavy atom. The van der Waals surface area contributed by atoms with Gasteiger partial charge in [-0.3, -0.25) is 9.97 Å². The average Bonchev–Trinajstić information content (AvgIpc) is 2.66. The number of aromatic nitrogens is 3. The molecule has 3 nitrogen and oxygen atoms in total. The summed E-state index contributed by atoms with van der Waals surface area (Å²) in [4.78, 5) is 14.5. The Bertz CT molecular complexity index is 983. The van der Waals surface area contributed by atoms with Gasteiger partial charge in [0.05, 0.1) is 47.0 Å². The third-order valence-electron chi connectivity index (χ3n) is 5.47. The molecule has 0 N–H and O–H groups in total. The highest BCUT2D eigenvalue weighted by Gasteiger charge is 2.23. The molecule has 0 atom stereocenters. The first-order chi connectivity index (χ1) is 13.7. The molecule has 0 unspecified atom stereocenters. The van der Waals surface area contributed by atoms with Crippen molar-refractivity contribution in [1.82, 2.24) is 15.0 Å². The smallest absolute Gasteiger partial charge is 0.0893 e. The van der Waals surface area contributed by atoms with E-state index < -0.39 is 24.2 Å². The van der Waals surface area contributed by atoms with Crippen LogP contribution in [0.25, 0.3) is 22.8 Å². The second-order valence-corrected chi connectivity index (χ2v) is 26.5. The SMILES string of the molecule is C[Si](C)(C)c1ccnc(-c2cc([Si](C)(C)C)cc(-c3cc([Si](C)(C)C)ccn3)n2)c1. The molecular formula is C24H35N3Si3. The van der Waals surface area contributed by atoms with Crippen molar-refractivity contribution in [2.75, 3.05) is 0 Å². The van der Waals surface area contributed by atoms with E-state index in [1.165, 1.54) is 15.6 Å². The summed E-state index contributed by atoms with van der Waals surface area (Å²) in [6, 6.07) is 13.3. The number of rotatable bonds is 5. The van der Waals surface area contributed by atoms with Crippen LogP contribution in [-0.2, 0) is 0 Å². The Morgan fingerprint density at radius 2 is 0.800 bits per heavy atom. The van der Waals surface area contributed by atoms with Crippen LogP contribution >= 0.6 is 0 Å². The highest BCUT2D eigenvalue weighted by Crippen LogP contribution is 2.21. The Morgan fingerprint density at radius 3 is 1.13 bits per heavy atom. The molecule has 0 fully saturated rings. The summed E-state index contributed by atoms with van der Waals surface area (Å²) in [5.74, 6) is 0. The minimum Gasteiger partial charge on any atom is -0.255 e. The topological polar surface area (TPSA) is 38.7 Å². The van der Waals surface area contributed by atoms with E-state index in [1.807, 2.05) is 12.4 Å². The third-order valence-corrected chi connectivity index (χ3v) is 11.6. The van der Waals surface area contributed by atoms with E-state index in [0.29, 0.717) is 0 Å². The van der Waals surface area contributed by atoms with Gasteiger partial charge < -0.3 is 0 Å². The van der Waals surface area contributed by atoms with Crippen molar-refractivity contribution in [2.45, 2.75) is 58.9 Å². The molecule has 0 aliphatic carbocycles. The zero-order valence-electron chi connectivity index (χ0n) is 20.0. The highest BCUT2D eigenvalue weighted by atomic mass is 28.3. The predicted octanol–water partition coefficient (Wildman–Crippen LogP) is 4.84. The van der Waals surface area contributed by atoms with Crippen LogP contribution in [0.4, 0.5) is 0 Å². The zero-order chi connectivity index (χ0) is 22.3. The first-order valence-corrected chi connectivity index (χ1v) is 21.2. The quantitative estimate of drug-likeness (QED) is 0.523. The van der Waals surface area contributed by atoms with Crippen LogP contribution < -0.4 is 15.6 Å². The molecule has 0 spiro atoms. The molecule has 0 bridgehead atoms. The standard InChI is InChI=1S/C24H35N3Si3/c1-28(2,3)18-10-12-25-21(14-18)23-16-20(30(7,8)9)17-24(27-23)22-15-19(11-13-26-22)29(4,5)6/h10-17H,1-9H3. The lowest BCUT2D eigenvalue weighted by Crippen LogP contribution is -2.39. The Hall–Kier alpha value is -1.90. The van der Waals surface area contributed by atoms with Crippen LogP contribution in [0.2, 0.25) is 58.9 Å². The number of hydrogen-bond donors (Lipinski definition) is 0. The highest BCUT2D eigenvalue weighted by molar-refractivity contribution is 6.89. The van der Waals surface area contributed by atoms with E-state index in [1.54, 1.807) is 0 Å². The molecule has 30 heavy (non-hydrogen) atoms. The Balaban J connectivity index is 2.20. The van der Waals surface area contributed by atoms with Crippen molar-refractivity contribution in [2.24, 2.45) is 0 Å². The molecule has 0 radical (unpaired) electrons. The zero-order valence-corrected chi connectivity index (χ0v) is 23.0. The molecule has 0 aliphatic heterocycles. The molecule has 3 aromatic heterocycles. The second kappa shape index (κ2) is 7.98. The fraction of sp³-hybridized carbons (Fsp3) is 0.375. The van der Waals surface area contributed by atoms with Crippen LogP contribution in [0.3, 0.4) is 0 Å². The van der Waals surface area contributed by atoms with Gasteiger partial charge in [-0.1, -0.05) is 74.5 Å². The summed E-state index contributed by atoms with van der Waals surface area (Å²) in [5, 5.41) is 4.21. The number of nitrogens with zero attached hydrogens (tertiary/aromatic N) is 3. The molecule has 3 rings (SSSR count). The van der Waals surface area contributed by atoms with Gasteiger partial charge in [0, 0.05) is 12.4 Å². The van der Waals surface area contributed by atoms with Gasteiger partial charge in [-0.25, -0.2) is 4.98 Å². The van der Waals surface area contributed by atoms with Crippen LogP contribution in [0.15, 0.2) is 48.8 Å². The fourth-order valence-electron chi connectivity index (χ4n) is 3.30. The first kappa shape index (κ1) is 22.8. The minimum atomic E-state index is -1.54. The summed E-state index contributed by atoms with van der Waals surface area (Å²) in [7, 11) is -4.38. The number of hydrogen-bond acceptors (Lipinski definition) is 3. The van der Waals surface area contributed by atoms with Gasteiger partial charge in [0.25, 0.3) is 0 Å². The number of pyridine rings is 3. The van der Waals surface area contributed by atoms with Gasteiger partial charge in [-0.15, -0.1) is 0 Å². The molecular weight excluding hydrogens is 415 g/mol. The molecule has 0 amide bonds. The van der Waals surface area contributed by atoms with Gasteiger partial charge in [0.15, 0.2) is 0 Å². The third kappa shape index (κ3) is 5.22. The molecule has 158 valence electrons. The maximum atomic E-state index is 5.06. The fourth-order valence-corrected chi connectivity index (χ4v) is 6.73. The van der Waals surface area contributed by atoms with Crippen molar-refractivity contribution in [3.05, 3.63) is 48.8 Å². The van der Waals surface area contributed by atoms with Gasteiger partial charge in [0.1, 0.15) is 0 Å². The van der Waals surface area contributed by atoms with Crippen molar-refractivity contribution < 1.29 is 0 Å². The predicted molar refractivity (Wildman–Crippen MR) is 140 cm³/mol. The van der Waals surface area contributed by atoms with E-state index in [0.717, 1.165) is 22.8 Å². The largest absolute Gasteiger partial charge is 0.255 e. The summed E-state index contributed by atoms with van der Waals surface area (Å²) >= 11 is 0. The normalized spacial score (nSPS) is 12.8. The molecule has 3 heterocycles. The van der Waals surface area contributed by atoms with Gasteiger partial charge in [-0.05, 0) is 36.4 Å². The van der Waals surface area contributed by atoms with Crippen LogP contribution in [-0.4, -0.2) is 39.2 Å². The van der Waals surface area contributed by atoms with Crippen molar-refractivity contribution >= 4 is 39.8 Å². The van der Waals surface area contributed by atoms with E-state index in [-0.39, 0.29) is 0 Å². The molecule has 6 heteroatoms. The maximum Gasteiger partial charge on any atom is 0.0893 e. The van der Waals surface area contributed by atoms with E-state index in [4.69, 9.17) is 15.0 Å². The lowest BCUT2D eigenvalue weighted by molar-refractivity contribution is 1.23. The van der Waals surface area contributed by atoms with Gasteiger partial charge in [-0.2, -0.15) is 0 Å². The van der Waals surface area contributed by atoms with E-state index in [9.17, 15) is 0 Å². The molecule has 3 aromatic rings. The summed E-state index contributed by atoms with van der Waals surface area (Å²) in [6.45, 7) is 21.4. The van der Waals surface area contributed by atoms with Crippen molar-refractivity contribution in [3.63, 3.8) is 0 Å². The lowest BCUT2D eigenvalue weighted by Gasteiger charge is -2.21. The Labute approximate surface area is 185 Å².